The lowest BCUT2D eigenvalue weighted by Crippen LogP contribution is -2.36. The van der Waals surface area contributed by atoms with E-state index in [1.54, 1.807) is 0 Å². The first kappa shape index (κ1) is 24.7. The largest absolute Gasteiger partial charge is 0.460 e. The van der Waals surface area contributed by atoms with Gasteiger partial charge in [0.1, 0.15) is 5.60 Å². The Bertz CT molecular complexity index is 1190. The van der Waals surface area contributed by atoms with Gasteiger partial charge >= 0.3 is 5.97 Å². The Kier molecular flexibility index (Phi) is 7.39. The standard InChI is InChI=1S/C29H35N3O3/c1-21-25(19-26(33)35-29(2,3)4)27(22-13-7-5-8-14-22)30-32(21)20-23-15-9-10-16-24(23)28(34)31-17-11-6-12-18-31/h5,7-10,13-16H,6,11-12,17-20H2,1-4H3. The summed E-state index contributed by atoms with van der Waals surface area (Å²) in [5, 5.41) is 4.92. The molecule has 2 heterocycles. The van der Waals surface area contributed by atoms with Crippen LogP contribution in [0.2, 0.25) is 0 Å². The molecule has 1 aliphatic rings. The number of carbonyl (C=O) groups is 2. The van der Waals surface area contributed by atoms with E-state index in [9.17, 15) is 9.59 Å². The van der Waals surface area contributed by atoms with Crippen LogP contribution in [0.5, 0.6) is 0 Å². The number of esters is 1. The van der Waals surface area contributed by atoms with Gasteiger partial charge in [-0.05, 0) is 58.6 Å². The maximum Gasteiger partial charge on any atom is 0.310 e. The Labute approximate surface area is 207 Å². The summed E-state index contributed by atoms with van der Waals surface area (Å²) >= 11 is 0. The molecule has 0 aliphatic carbocycles. The molecule has 0 atom stereocenters. The summed E-state index contributed by atoms with van der Waals surface area (Å²) in [4.78, 5) is 28.0. The summed E-state index contributed by atoms with van der Waals surface area (Å²) < 4.78 is 7.51. The van der Waals surface area contributed by atoms with E-state index >= 15 is 0 Å². The Balaban J connectivity index is 1.68. The van der Waals surface area contributed by atoms with E-state index < -0.39 is 5.60 Å². The Morgan fingerprint density at radius 1 is 0.943 bits per heavy atom. The lowest BCUT2D eigenvalue weighted by Gasteiger charge is -2.27. The summed E-state index contributed by atoms with van der Waals surface area (Å²) in [7, 11) is 0. The first-order valence-corrected chi connectivity index (χ1v) is 12.4. The number of rotatable bonds is 6. The van der Waals surface area contributed by atoms with Crippen molar-refractivity contribution in [3.8, 4) is 11.3 Å². The average molecular weight is 474 g/mol. The molecule has 0 bridgehead atoms. The normalized spacial score (nSPS) is 14.1. The Hall–Kier alpha value is -3.41. The molecule has 6 nitrogen and oxygen atoms in total. The topological polar surface area (TPSA) is 64.4 Å². The number of nitrogens with zero attached hydrogens (tertiary/aromatic N) is 3. The van der Waals surface area contributed by atoms with Crippen molar-refractivity contribution in [3.05, 3.63) is 77.0 Å². The minimum absolute atomic E-state index is 0.0855. The molecule has 4 rings (SSSR count). The molecular weight excluding hydrogens is 438 g/mol. The fourth-order valence-corrected chi connectivity index (χ4v) is 4.59. The van der Waals surface area contributed by atoms with Gasteiger partial charge in [-0.3, -0.25) is 14.3 Å². The van der Waals surface area contributed by atoms with Gasteiger partial charge in [0, 0.05) is 35.5 Å². The zero-order valence-electron chi connectivity index (χ0n) is 21.2. The summed E-state index contributed by atoms with van der Waals surface area (Å²) in [5.74, 6) is -0.194. The maximum absolute atomic E-state index is 13.3. The van der Waals surface area contributed by atoms with Crippen molar-refractivity contribution in [2.75, 3.05) is 13.1 Å². The second kappa shape index (κ2) is 10.5. The van der Waals surface area contributed by atoms with Crippen molar-refractivity contribution in [1.29, 1.82) is 0 Å². The number of hydrogen-bond donors (Lipinski definition) is 0. The second-order valence-corrected chi connectivity index (χ2v) is 10.2. The van der Waals surface area contributed by atoms with Gasteiger partial charge in [0.25, 0.3) is 5.91 Å². The quantitative estimate of drug-likeness (QED) is 0.449. The third kappa shape index (κ3) is 5.99. The van der Waals surface area contributed by atoms with Crippen molar-refractivity contribution < 1.29 is 14.3 Å². The summed E-state index contributed by atoms with van der Waals surface area (Å²) in [6.45, 7) is 9.67. The predicted octanol–water partition coefficient (Wildman–Crippen LogP) is 5.42. The smallest absolute Gasteiger partial charge is 0.310 e. The highest BCUT2D eigenvalue weighted by molar-refractivity contribution is 5.95. The monoisotopic (exact) mass is 473 g/mol. The van der Waals surface area contributed by atoms with Gasteiger partial charge in [-0.2, -0.15) is 5.10 Å². The van der Waals surface area contributed by atoms with Crippen LogP contribution >= 0.6 is 0 Å². The minimum Gasteiger partial charge on any atom is -0.460 e. The average Bonchev–Trinajstić information content (AvgIpc) is 3.14. The number of benzene rings is 2. The van der Waals surface area contributed by atoms with Crippen LogP contribution in [0.4, 0.5) is 0 Å². The molecule has 1 aromatic heterocycles. The molecular formula is C29H35N3O3. The summed E-state index contributed by atoms with van der Waals surface area (Å²) in [5.41, 5.74) is 4.57. The minimum atomic E-state index is -0.554. The molecule has 0 spiro atoms. The number of likely N-dealkylation sites (tertiary alicyclic amines) is 1. The molecule has 3 aromatic rings. The van der Waals surface area contributed by atoms with Gasteiger partial charge in [0.05, 0.1) is 18.7 Å². The lowest BCUT2D eigenvalue weighted by atomic mass is 10.0. The number of piperidine rings is 1. The fraction of sp³-hybridized carbons (Fsp3) is 0.414. The highest BCUT2D eigenvalue weighted by Crippen LogP contribution is 2.28. The third-order valence-electron chi connectivity index (χ3n) is 6.33. The lowest BCUT2D eigenvalue weighted by molar-refractivity contribution is -0.153. The number of ether oxygens (including phenoxy) is 1. The van der Waals surface area contributed by atoms with Gasteiger partial charge in [-0.25, -0.2) is 0 Å². The van der Waals surface area contributed by atoms with E-state index in [0.717, 1.165) is 59.6 Å². The summed E-state index contributed by atoms with van der Waals surface area (Å²) in [6, 6.07) is 17.7. The molecule has 0 unspecified atom stereocenters. The van der Waals surface area contributed by atoms with Crippen LogP contribution < -0.4 is 0 Å². The third-order valence-corrected chi connectivity index (χ3v) is 6.33. The molecule has 184 valence electrons. The van der Waals surface area contributed by atoms with Gasteiger partial charge in [0.2, 0.25) is 0 Å². The van der Waals surface area contributed by atoms with E-state index in [2.05, 4.69) is 0 Å². The Morgan fingerprint density at radius 2 is 1.60 bits per heavy atom. The van der Waals surface area contributed by atoms with Gasteiger partial charge in [-0.1, -0.05) is 48.5 Å². The van der Waals surface area contributed by atoms with Crippen LogP contribution in [0.15, 0.2) is 54.6 Å². The van der Waals surface area contributed by atoms with Crippen molar-refractivity contribution >= 4 is 11.9 Å². The zero-order valence-corrected chi connectivity index (χ0v) is 21.2. The predicted molar refractivity (Wildman–Crippen MR) is 137 cm³/mol. The number of aromatic nitrogens is 2. The Morgan fingerprint density at radius 3 is 2.29 bits per heavy atom. The SMILES string of the molecule is Cc1c(CC(=O)OC(C)(C)C)c(-c2ccccc2)nn1Cc1ccccc1C(=O)N1CCCCC1. The van der Waals surface area contributed by atoms with E-state index in [0.29, 0.717) is 6.54 Å². The van der Waals surface area contributed by atoms with Crippen molar-refractivity contribution in [1.82, 2.24) is 14.7 Å². The molecule has 1 amide bonds. The van der Waals surface area contributed by atoms with Crippen LogP contribution in [0.25, 0.3) is 11.3 Å². The first-order chi connectivity index (χ1) is 16.7. The highest BCUT2D eigenvalue weighted by atomic mass is 16.6. The van der Waals surface area contributed by atoms with E-state index in [4.69, 9.17) is 9.84 Å². The molecule has 1 fully saturated rings. The van der Waals surface area contributed by atoms with Crippen LogP contribution in [0, 0.1) is 6.92 Å². The first-order valence-electron chi connectivity index (χ1n) is 12.4. The van der Waals surface area contributed by atoms with Crippen molar-refractivity contribution in [3.63, 3.8) is 0 Å². The number of amides is 1. The molecule has 0 N–H and O–H groups in total. The molecule has 1 saturated heterocycles. The molecule has 0 radical (unpaired) electrons. The summed E-state index contributed by atoms with van der Waals surface area (Å²) in [6.07, 6.45) is 3.43. The van der Waals surface area contributed by atoms with Crippen molar-refractivity contribution in [2.24, 2.45) is 0 Å². The zero-order chi connectivity index (χ0) is 25.0. The van der Waals surface area contributed by atoms with Crippen LogP contribution in [0.3, 0.4) is 0 Å². The van der Waals surface area contributed by atoms with Crippen LogP contribution in [-0.4, -0.2) is 45.2 Å². The molecule has 0 saturated carbocycles. The highest BCUT2D eigenvalue weighted by Gasteiger charge is 2.24. The van der Waals surface area contributed by atoms with E-state index in [-0.39, 0.29) is 18.3 Å². The number of carbonyl (C=O) groups excluding carboxylic acids is 2. The van der Waals surface area contributed by atoms with Crippen LogP contribution in [0.1, 0.15) is 67.2 Å². The van der Waals surface area contributed by atoms with Gasteiger partial charge in [0.15, 0.2) is 0 Å². The molecule has 6 heteroatoms. The second-order valence-electron chi connectivity index (χ2n) is 10.2. The number of hydrogen-bond acceptors (Lipinski definition) is 4. The molecule has 35 heavy (non-hydrogen) atoms. The van der Waals surface area contributed by atoms with Gasteiger partial charge in [-0.15, -0.1) is 0 Å². The van der Waals surface area contributed by atoms with Gasteiger partial charge < -0.3 is 9.64 Å². The van der Waals surface area contributed by atoms with Crippen molar-refractivity contribution in [2.45, 2.75) is 65.5 Å². The van der Waals surface area contributed by atoms with E-state index in [1.807, 2.05) is 91.9 Å². The molecule has 2 aromatic carbocycles. The molecule has 1 aliphatic heterocycles. The maximum atomic E-state index is 13.3. The van der Waals surface area contributed by atoms with E-state index in [1.165, 1.54) is 6.42 Å². The fourth-order valence-electron chi connectivity index (χ4n) is 4.59. The van der Waals surface area contributed by atoms with Crippen LogP contribution in [-0.2, 0) is 22.5 Å².